The molecule has 0 radical (unpaired) electrons. The summed E-state index contributed by atoms with van der Waals surface area (Å²) in [6.45, 7) is 3.71. The van der Waals surface area contributed by atoms with Gasteiger partial charge in [-0.1, -0.05) is 60.7 Å². The molecule has 0 aromatic heterocycles. The van der Waals surface area contributed by atoms with E-state index in [0.717, 1.165) is 30.0 Å². The van der Waals surface area contributed by atoms with E-state index in [4.69, 9.17) is 10.5 Å². The summed E-state index contributed by atoms with van der Waals surface area (Å²) < 4.78 is 5.69. The van der Waals surface area contributed by atoms with Crippen molar-refractivity contribution in [2.45, 2.75) is 37.9 Å². The Morgan fingerprint density at radius 1 is 1.05 bits per heavy atom. The lowest BCUT2D eigenvalue weighted by Crippen LogP contribution is -2.68. The zero-order chi connectivity index (χ0) is 27.5. The summed E-state index contributed by atoms with van der Waals surface area (Å²) in [7, 11) is 3.43. The standard InChI is InChI=1S/C32H38N4O3/c1-21(37)35(2)25-14-15-28(39-3)24(18-25)19-34-30-26-16-17-36(20-27(26)32(33)38)31(30)29(22-10-6-4-7-11-22)23-12-8-5-9-13-23/h4-15,18,26-27,29-31,34H,16-17,19-20H2,1-3H3,(H2,33,38)/t26-,27-,30-,31+/m0/s1. The number of benzene rings is 3. The highest BCUT2D eigenvalue weighted by molar-refractivity contribution is 5.91. The van der Waals surface area contributed by atoms with Crippen molar-refractivity contribution in [3.05, 3.63) is 95.6 Å². The topological polar surface area (TPSA) is 87.9 Å². The van der Waals surface area contributed by atoms with Crippen molar-refractivity contribution < 1.29 is 14.3 Å². The van der Waals surface area contributed by atoms with Crippen LogP contribution >= 0.6 is 0 Å². The minimum Gasteiger partial charge on any atom is -0.496 e. The fourth-order valence-corrected chi connectivity index (χ4v) is 6.60. The first-order valence-electron chi connectivity index (χ1n) is 13.7. The lowest BCUT2D eigenvalue weighted by atomic mass is 9.66. The van der Waals surface area contributed by atoms with Crippen LogP contribution in [-0.2, 0) is 16.1 Å². The van der Waals surface area contributed by atoms with Crippen LogP contribution in [0, 0.1) is 11.8 Å². The normalized spacial score (nSPS) is 23.9. The molecule has 2 amide bonds. The Balaban J connectivity index is 1.53. The highest BCUT2D eigenvalue weighted by Crippen LogP contribution is 2.44. The number of nitrogens with one attached hydrogen (secondary N) is 1. The Morgan fingerprint density at radius 3 is 2.26 bits per heavy atom. The maximum atomic E-state index is 12.6. The molecule has 3 N–H and O–H groups in total. The van der Waals surface area contributed by atoms with Gasteiger partial charge in [0, 0.05) is 56.3 Å². The van der Waals surface area contributed by atoms with Crippen LogP contribution in [0.1, 0.15) is 36.0 Å². The van der Waals surface area contributed by atoms with Crippen molar-refractivity contribution in [1.82, 2.24) is 10.2 Å². The Kier molecular flexibility index (Phi) is 8.00. The van der Waals surface area contributed by atoms with E-state index in [1.54, 1.807) is 26.0 Å². The summed E-state index contributed by atoms with van der Waals surface area (Å²) in [5.41, 5.74) is 10.2. The minimum absolute atomic E-state index is 0.0225. The fourth-order valence-electron chi connectivity index (χ4n) is 6.60. The monoisotopic (exact) mass is 526 g/mol. The molecule has 3 aliphatic rings. The number of piperidine rings is 3. The second kappa shape index (κ2) is 11.6. The van der Waals surface area contributed by atoms with Crippen LogP contribution in [0.15, 0.2) is 78.9 Å². The lowest BCUT2D eigenvalue weighted by Gasteiger charge is -2.56. The second-order valence-electron chi connectivity index (χ2n) is 10.7. The lowest BCUT2D eigenvalue weighted by molar-refractivity contribution is -0.132. The average Bonchev–Trinajstić information content (AvgIpc) is 2.97. The van der Waals surface area contributed by atoms with Gasteiger partial charge in [0.2, 0.25) is 11.8 Å². The van der Waals surface area contributed by atoms with Crippen LogP contribution in [0.5, 0.6) is 5.75 Å². The first-order chi connectivity index (χ1) is 18.9. The molecule has 7 heteroatoms. The van der Waals surface area contributed by atoms with Gasteiger partial charge in [-0.05, 0) is 48.2 Å². The molecule has 3 aromatic carbocycles. The number of hydrogen-bond acceptors (Lipinski definition) is 5. The van der Waals surface area contributed by atoms with Gasteiger partial charge in [-0.15, -0.1) is 0 Å². The molecule has 3 aromatic rings. The van der Waals surface area contributed by atoms with Crippen LogP contribution in [0.25, 0.3) is 0 Å². The van der Waals surface area contributed by atoms with E-state index in [1.807, 2.05) is 18.2 Å². The maximum Gasteiger partial charge on any atom is 0.223 e. The molecule has 0 spiro atoms. The van der Waals surface area contributed by atoms with Crippen molar-refractivity contribution in [2.75, 3.05) is 32.1 Å². The quantitative estimate of drug-likeness (QED) is 0.443. The molecule has 7 nitrogen and oxygen atoms in total. The van der Waals surface area contributed by atoms with Crippen molar-refractivity contribution in [1.29, 1.82) is 0 Å². The van der Waals surface area contributed by atoms with Crippen LogP contribution in [0.2, 0.25) is 0 Å². The first-order valence-corrected chi connectivity index (χ1v) is 13.7. The number of hydrogen-bond donors (Lipinski definition) is 2. The number of methoxy groups -OCH3 is 1. The largest absolute Gasteiger partial charge is 0.496 e. The third kappa shape index (κ3) is 5.42. The number of carbonyl (C=O) groups excluding carboxylic acids is 2. The van der Waals surface area contributed by atoms with Crippen molar-refractivity contribution in [3.63, 3.8) is 0 Å². The van der Waals surface area contributed by atoms with Crippen LogP contribution < -0.4 is 20.7 Å². The summed E-state index contributed by atoms with van der Waals surface area (Å²) in [5, 5.41) is 3.86. The van der Waals surface area contributed by atoms with Crippen LogP contribution in [-0.4, -0.2) is 56.0 Å². The van der Waals surface area contributed by atoms with E-state index in [0.29, 0.717) is 13.1 Å². The van der Waals surface area contributed by atoms with E-state index in [2.05, 4.69) is 70.9 Å². The average molecular weight is 527 g/mol. The number of rotatable bonds is 9. The van der Waals surface area contributed by atoms with Crippen LogP contribution in [0.4, 0.5) is 5.69 Å². The maximum absolute atomic E-state index is 12.6. The molecular weight excluding hydrogens is 488 g/mol. The summed E-state index contributed by atoms with van der Waals surface area (Å²) in [4.78, 5) is 28.7. The molecule has 3 heterocycles. The van der Waals surface area contributed by atoms with Gasteiger partial charge in [0.05, 0.1) is 13.0 Å². The van der Waals surface area contributed by atoms with Gasteiger partial charge in [-0.25, -0.2) is 0 Å². The predicted octanol–water partition coefficient (Wildman–Crippen LogP) is 3.77. The van der Waals surface area contributed by atoms with Gasteiger partial charge in [-0.2, -0.15) is 0 Å². The van der Waals surface area contributed by atoms with E-state index in [9.17, 15) is 9.59 Å². The zero-order valence-corrected chi connectivity index (χ0v) is 22.9. The second-order valence-corrected chi connectivity index (χ2v) is 10.7. The van der Waals surface area contributed by atoms with Gasteiger partial charge in [0.1, 0.15) is 5.75 Å². The van der Waals surface area contributed by atoms with E-state index in [-0.39, 0.29) is 41.7 Å². The zero-order valence-electron chi connectivity index (χ0n) is 22.9. The molecule has 0 aliphatic carbocycles. The van der Waals surface area contributed by atoms with Crippen molar-refractivity contribution in [2.24, 2.45) is 17.6 Å². The number of carbonyl (C=O) groups is 2. The third-order valence-corrected chi connectivity index (χ3v) is 8.62. The Labute approximate surface area is 230 Å². The Morgan fingerprint density at radius 2 is 1.69 bits per heavy atom. The molecule has 5 atom stereocenters. The smallest absolute Gasteiger partial charge is 0.223 e. The van der Waals surface area contributed by atoms with E-state index < -0.39 is 0 Å². The molecule has 1 unspecified atom stereocenters. The number of fused-ring (bicyclic) bond motifs is 3. The fraction of sp³-hybridized carbons (Fsp3) is 0.375. The highest BCUT2D eigenvalue weighted by atomic mass is 16.5. The molecular formula is C32H38N4O3. The Hall–Kier alpha value is -3.68. The SMILES string of the molecule is COc1ccc(N(C)C(C)=O)cc1CN[C@H]1[C@H]2CCN(C[C@@H]2C(N)=O)[C@@H]1C(c1ccccc1)c1ccccc1. The first kappa shape index (κ1) is 26.9. The molecule has 39 heavy (non-hydrogen) atoms. The third-order valence-electron chi connectivity index (χ3n) is 8.62. The summed E-state index contributed by atoms with van der Waals surface area (Å²) >= 11 is 0. The number of anilines is 1. The predicted molar refractivity (Wildman–Crippen MR) is 154 cm³/mol. The van der Waals surface area contributed by atoms with E-state index in [1.165, 1.54) is 11.1 Å². The molecule has 6 rings (SSSR count). The minimum atomic E-state index is -0.228. The van der Waals surface area contributed by atoms with Gasteiger partial charge < -0.3 is 20.7 Å². The molecule has 3 fully saturated rings. The molecule has 204 valence electrons. The van der Waals surface area contributed by atoms with Crippen LogP contribution in [0.3, 0.4) is 0 Å². The summed E-state index contributed by atoms with van der Waals surface area (Å²) in [6, 6.07) is 27.3. The highest BCUT2D eigenvalue weighted by Gasteiger charge is 2.51. The van der Waals surface area contributed by atoms with Gasteiger partial charge in [0.15, 0.2) is 0 Å². The number of nitrogens with two attached hydrogens (primary N) is 1. The van der Waals surface area contributed by atoms with Gasteiger partial charge in [0.25, 0.3) is 0 Å². The molecule has 3 saturated heterocycles. The van der Waals surface area contributed by atoms with Crippen molar-refractivity contribution >= 4 is 17.5 Å². The number of primary amides is 1. The molecule has 0 saturated carbocycles. The van der Waals surface area contributed by atoms with Crippen molar-refractivity contribution in [3.8, 4) is 5.75 Å². The summed E-state index contributed by atoms with van der Waals surface area (Å²) in [6.07, 6.45) is 0.919. The summed E-state index contributed by atoms with van der Waals surface area (Å²) in [5.74, 6) is 0.551. The molecule has 3 aliphatic heterocycles. The van der Waals surface area contributed by atoms with E-state index >= 15 is 0 Å². The molecule has 2 bridgehead atoms. The van der Waals surface area contributed by atoms with Gasteiger partial charge in [-0.3, -0.25) is 14.5 Å². The Bertz CT molecular complexity index is 1260. The van der Waals surface area contributed by atoms with Gasteiger partial charge >= 0.3 is 0 Å². The number of amides is 2. The number of ether oxygens (including phenoxy) is 1. The number of nitrogens with zero attached hydrogens (tertiary/aromatic N) is 2.